The highest BCUT2D eigenvalue weighted by atomic mass is 16.5. The van der Waals surface area contributed by atoms with Crippen LogP contribution in [0.25, 0.3) is 11.4 Å². The van der Waals surface area contributed by atoms with Crippen LogP contribution in [0.2, 0.25) is 0 Å². The summed E-state index contributed by atoms with van der Waals surface area (Å²) in [4.78, 5) is 9.13. The number of ether oxygens (including phenoxy) is 1. The van der Waals surface area contributed by atoms with Crippen molar-refractivity contribution in [1.82, 2.24) is 30.6 Å². The molecule has 3 rings (SSSR count). The summed E-state index contributed by atoms with van der Waals surface area (Å²) < 4.78 is 12.5. The normalized spacial score (nSPS) is 11.5. The van der Waals surface area contributed by atoms with Crippen LogP contribution in [0.5, 0.6) is 5.75 Å². The van der Waals surface area contributed by atoms with Crippen LogP contribution in [0, 0.1) is 0 Å². The zero-order chi connectivity index (χ0) is 22.4. The van der Waals surface area contributed by atoms with Crippen LogP contribution in [0.3, 0.4) is 0 Å². The van der Waals surface area contributed by atoms with Crippen molar-refractivity contribution in [3.05, 3.63) is 48.6 Å². The van der Waals surface area contributed by atoms with Gasteiger partial charge in [0.15, 0.2) is 5.96 Å². The molecular formula is C23H33N7O2. The number of methoxy groups -OCH3 is 1. The van der Waals surface area contributed by atoms with E-state index in [0.717, 1.165) is 75.6 Å². The third-order valence-corrected chi connectivity index (χ3v) is 4.89. The standard InChI is InChI=1S/C23H33N7O2/c1-3-24-23(26-15-7-17-30-18-8-16-27-30)25-14-6-4-5-9-21-28-22(29-32-21)19-10-12-20(31-2)13-11-19/h8,10-13,16,18H,3-7,9,14-15,17H2,1-2H3,(H2,24,25,26). The molecular weight excluding hydrogens is 406 g/mol. The van der Waals surface area contributed by atoms with E-state index in [0.29, 0.717) is 11.7 Å². The maximum Gasteiger partial charge on any atom is 0.226 e. The molecule has 9 nitrogen and oxygen atoms in total. The molecule has 2 heterocycles. The minimum atomic E-state index is 0.614. The minimum absolute atomic E-state index is 0.614. The molecule has 0 amide bonds. The van der Waals surface area contributed by atoms with Crippen molar-refractivity contribution in [2.45, 2.75) is 45.6 Å². The van der Waals surface area contributed by atoms with E-state index >= 15 is 0 Å². The summed E-state index contributed by atoms with van der Waals surface area (Å²) in [5, 5.41) is 15.0. The molecule has 1 aromatic carbocycles. The van der Waals surface area contributed by atoms with Crippen molar-refractivity contribution < 1.29 is 9.26 Å². The molecule has 0 saturated carbocycles. The molecule has 0 atom stereocenters. The summed E-state index contributed by atoms with van der Waals surface area (Å²) >= 11 is 0. The molecule has 32 heavy (non-hydrogen) atoms. The number of nitrogens with zero attached hydrogens (tertiary/aromatic N) is 5. The second-order valence-electron chi connectivity index (χ2n) is 7.36. The third-order valence-electron chi connectivity index (χ3n) is 4.89. The first-order chi connectivity index (χ1) is 15.8. The molecule has 0 aliphatic rings. The monoisotopic (exact) mass is 439 g/mol. The summed E-state index contributed by atoms with van der Waals surface area (Å²) in [6.07, 6.45) is 8.65. The number of aliphatic imine (C=N–C) groups is 1. The van der Waals surface area contributed by atoms with Crippen molar-refractivity contribution in [2.75, 3.05) is 26.7 Å². The number of guanidine groups is 1. The molecule has 0 spiro atoms. The number of hydrogen-bond donors (Lipinski definition) is 2. The number of rotatable bonds is 13. The van der Waals surface area contributed by atoms with Crippen LogP contribution in [-0.4, -0.2) is 52.6 Å². The van der Waals surface area contributed by atoms with E-state index in [4.69, 9.17) is 9.26 Å². The summed E-state index contributed by atoms with van der Waals surface area (Å²) in [6.45, 7) is 5.45. The minimum Gasteiger partial charge on any atom is -0.497 e. The van der Waals surface area contributed by atoms with Gasteiger partial charge in [-0.15, -0.1) is 0 Å². The number of unbranched alkanes of at least 4 members (excludes halogenated alkanes) is 2. The number of aryl methyl sites for hydroxylation is 2. The fraction of sp³-hybridized carbons (Fsp3) is 0.478. The van der Waals surface area contributed by atoms with Gasteiger partial charge in [-0.25, -0.2) is 0 Å². The molecule has 0 unspecified atom stereocenters. The van der Waals surface area contributed by atoms with Gasteiger partial charge in [0.1, 0.15) is 5.75 Å². The SMILES string of the molecule is CCNC(=NCCCn1cccn1)NCCCCCc1nc(-c2ccc(OC)cc2)no1. The topological polar surface area (TPSA) is 102 Å². The van der Waals surface area contributed by atoms with Gasteiger partial charge >= 0.3 is 0 Å². The van der Waals surface area contributed by atoms with Gasteiger partial charge in [-0.05, 0) is 56.5 Å². The van der Waals surface area contributed by atoms with Crippen LogP contribution < -0.4 is 15.4 Å². The van der Waals surface area contributed by atoms with Crippen molar-refractivity contribution in [3.8, 4) is 17.1 Å². The van der Waals surface area contributed by atoms with E-state index in [9.17, 15) is 0 Å². The predicted octanol–water partition coefficient (Wildman–Crippen LogP) is 3.30. The summed E-state index contributed by atoms with van der Waals surface area (Å²) in [5.41, 5.74) is 0.921. The smallest absolute Gasteiger partial charge is 0.226 e. The number of nitrogens with one attached hydrogen (secondary N) is 2. The summed E-state index contributed by atoms with van der Waals surface area (Å²) in [6, 6.07) is 9.58. The van der Waals surface area contributed by atoms with E-state index in [-0.39, 0.29) is 0 Å². The van der Waals surface area contributed by atoms with E-state index in [1.54, 1.807) is 13.3 Å². The van der Waals surface area contributed by atoms with Crippen molar-refractivity contribution >= 4 is 5.96 Å². The van der Waals surface area contributed by atoms with E-state index in [2.05, 4.69) is 37.8 Å². The average molecular weight is 440 g/mol. The van der Waals surface area contributed by atoms with Crippen LogP contribution in [0.15, 0.2) is 52.2 Å². The number of hydrogen-bond acceptors (Lipinski definition) is 6. The second kappa shape index (κ2) is 13.1. The Kier molecular flexibility index (Phi) is 9.57. The van der Waals surface area contributed by atoms with Crippen molar-refractivity contribution in [2.24, 2.45) is 4.99 Å². The van der Waals surface area contributed by atoms with Gasteiger partial charge in [-0.1, -0.05) is 11.6 Å². The molecule has 172 valence electrons. The molecule has 0 bridgehead atoms. The Bertz CT molecular complexity index is 920. The first-order valence-electron chi connectivity index (χ1n) is 11.2. The molecule has 0 aliphatic carbocycles. The van der Waals surface area contributed by atoms with Crippen molar-refractivity contribution in [1.29, 1.82) is 0 Å². The van der Waals surface area contributed by atoms with Gasteiger partial charge < -0.3 is 19.9 Å². The van der Waals surface area contributed by atoms with E-state index in [1.807, 2.05) is 41.2 Å². The first kappa shape index (κ1) is 23.3. The van der Waals surface area contributed by atoms with Crippen LogP contribution in [0.4, 0.5) is 0 Å². The van der Waals surface area contributed by atoms with E-state index in [1.165, 1.54) is 0 Å². The van der Waals surface area contributed by atoms with Gasteiger partial charge in [0, 0.05) is 50.6 Å². The molecule has 0 saturated heterocycles. The fourth-order valence-electron chi connectivity index (χ4n) is 3.20. The molecule has 9 heteroatoms. The molecule has 2 N–H and O–H groups in total. The van der Waals surface area contributed by atoms with Gasteiger partial charge in [-0.2, -0.15) is 10.1 Å². The largest absolute Gasteiger partial charge is 0.497 e. The lowest BCUT2D eigenvalue weighted by atomic mass is 10.2. The number of aromatic nitrogens is 4. The zero-order valence-corrected chi connectivity index (χ0v) is 19.0. The number of benzene rings is 1. The Labute approximate surface area is 189 Å². The lowest BCUT2D eigenvalue weighted by Gasteiger charge is -2.11. The van der Waals surface area contributed by atoms with Gasteiger partial charge in [0.2, 0.25) is 11.7 Å². The molecule has 0 fully saturated rings. The highest BCUT2D eigenvalue weighted by Crippen LogP contribution is 2.20. The predicted molar refractivity (Wildman–Crippen MR) is 125 cm³/mol. The Balaban J connectivity index is 1.31. The van der Waals surface area contributed by atoms with Crippen LogP contribution in [-0.2, 0) is 13.0 Å². The fourth-order valence-corrected chi connectivity index (χ4v) is 3.20. The molecule has 2 aromatic heterocycles. The highest BCUT2D eigenvalue weighted by molar-refractivity contribution is 5.79. The van der Waals surface area contributed by atoms with E-state index < -0.39 is 0 Å². The first-order valence-corrected chi connectivity index (χ1v) is 11.2. The summed E-state index contributed by atoms with van der Waals surface area (Å²) in [5.74, 6) is 2.97. The van der Waals surface area contributed by atoms with Crippen LogP contribution in [0.1, 0.15) is 38.5 Å². The quantitative estimate of drug-likeness (QED) is 0.239. The second-order valence-corrected chi connectivity index (χ2v) is 7.36. The lowest BCUT2D eigenvalue weighted by Crippen LogP contribution is -2.37. The maximum absolute atomic E-state index is 5.39. The Morgan fingerprint density at radius 1 is 1.12 bits per heavy atom. The highest BCUT2D eigenvalue weighted by Gasteiger charge is 2.08. The Morgan fingerprint density at radius 3 is 2.75 bits per heavy atom. The molecule has 0 radical (unpaired) electrons. The Morgan fingerprint density at radius 2 is 2.00 bits per heavy atom. The summed E-state index contributed by atoms with van der Waals surface area (Å²) in [7, 11) is 1.65. The molecule has 0 aliphatic heterocycles. The maximum atomic E-state index is 5.39. The van der Waals surface area contributed by atoms with Crippen LogP contribution >= 0.6 is 0 Å². The van der Waals surface area contributed by atoms with Gasteiger partial charge in [0.05, 0.1) is 7.11 Å². The van der Waals surface area contributed by atoms with Gasteiger partial charge in [0.25, 0.3) is 0 Å². The lowest BCUT2D eigenvalue weighted by molar-refractivity contribution is 0.374. The molecule has 3 aromatic rings. The average Bonchev–Trinajstić information content (AvgIpc) is 3.51. The van der Waals surface area contributed by atoms with Crippen molar-refractivity contribution in [3.63, 3.8) is 0 Å². The Hall–Kier alpha value is -3.36. The third kappa shape index (κ3) is 7.72. The zero-order valence-electron chi connectivity index (χ0n) is 19.0. The van der Waals surface area contributed by atoms with Gasteiger partial charge in [-0.3, -0.25) is 9.67 Å².